The minimum Gasteiger partial charge on any atom is -0.507 e. The van der Waals surface area contributed by atoms with Crippen molar-refractivity contribution in [2.45, 2.75) is 0 Å². The molecule has 0 fully saturated rings. The summed E-state index contributed by atoms with van der Waals surface area (Å²) in [7, 11) is 0. The number of carboxylic acids is 1. The summed E-state index contributed by atoms with van der Waals surface area (Å²) in [5.41, 5.74) is 0.495. The molecule has 1 aromatic carbocycles. The predicted molar refractivity (Wildman–Crippen MR) is 55.9 cm³/mol. The lowest BCUT2D eigenvalue weighted by Crippen LogP contribution is -1.99. The monoisotopic (exact) mass is 257 g/mol. The van der Waals surface area contributed by atoms with Crippen LogP contribution in [0.4, 0.5) is 0 Å². The van der Waals surface area contributed by atoms with Crippen molar-refractivity contribution in [2.24, 2.45) is 4.99 Å². The van der Waals surface area contributed by atoms with Gasteiger partial charge in [-0.3, -0.25) is 9.79 Å². The molecule has 0 saturated carbocycles. The molecule has 14 heavy (non-hydrogen) atoms. The molecule has 4 nitrogen and oxygen atoms in total. The summed E-state index contributed by atoms with van der Waals surface area (Å²) < 4.78 is 0.755. The molecule has 0 spiro atoms. The number of phenols is 1. The molecule has 0 aromatic heterocycles. The van der Waals surface area contributed by atoms with E-state index < -0.39 is 5.97 Å². The van der Waals surface area contributed by atoms with E-state index >= 15 is 0 Å². The van der Waals surface area contributed by atoms with Crippen molar-refractivity contribution < 1.29 is 15.0 Å². The van der Waals surface area contributed by atoms with E-state index in [0.717, 1.165) is 4.47 Å². The van der Waals surface area contributed by atoms with Crippen molar-refractivity contribution in [3.8, 4) is 5.75 Å². The van der Waals surface area contributed by atoms with E-state index in [0.29, 0.717) is 5.56 Å². The Hall–Kier alpha value is -1.36. The van der Waals surface area contributed by atoms with Crippen LogP contribution < -0.4 is 0 Å². The van der Waals surface area contributed by atoms with E-state index in [1.165, 1.54) is 12.3 Å². The zero-order chi connectivity index (χ0) is 10.6. The molecule has 0 bridgehead atoms. The van der Waals surface area contributed by atoms with E-state index in [-0.39, 0.29) is 12.3 Å². The molecule has 1 aromatic rings. The largest absolute Gasteiger partial charge is 0.507 e. The Morgan fingerprint density at radius 1 is 1.57 bits per heavy atom. The summed E-state index contributed by atoms with van der Waals surface area (Å²) in [5, 5.41) is 17.7. The smallest absolute Gasteiger partial charge is 0.325 e. The Bertz CT molecular complexity index is 376. The third-order valence-electron chi connectivity index (χ3n) is 1.45. The van der Waals surface area contributed by atoms with Gasteiger partial charge in [0.05, 0.1) is 0 Å². The molecule has 1 rings (SSSR count). The van der Waals surface area contributed by atoms with Gasteiger partial charge < -0.3 is 10.2 Å². The van der Waals surface area contributed by atoms with E-state index in [1.54, 1.807) is 12.1 Å². The van der Waals surface area contributed by atoms with Crippen molar-refractivity contribution in [3.63, 3.8) is 0 Å². The summed E-state index contributed by atoms with van der Waals surface area (Å²) in [5.74, 6) is -0.939. The number of aliphatic imine (C=N–C) groups is 1. The van der Waals surface area contributed by atoms with Crippen LogP contribution in [0.5, 0.6) is 5.75 Å². The van der Waals surface area contributed by atoms with Gasteiger partial charge in [-0.25, -0.2) is 0 Å². The van der Waals surface area contributed by atoms with Crippen LogP contribution in [0.25, 0.3) is 0 Å². The van der Waals surface area contributed by atoms with Crippen molar-refractivity contribution in [1.82, 2.24) is 0 Å². The highest BCUT2D eigenvalue weighted by Crippen LogP contribution is 2.20. The maximum absolute atomic E-state index is 10.1. The molecule has 2 N–H and O–H groups in total. The zero-order valence-corrected chi connectivity index (χ0v) is 8.73. The average molecular weight is 258 g/mol. The maximum Gasteiger partial charge on any atom is 0.325 e. The molecule has 0 aliphatic heterocycles. The summed E-state index contributed by atoms with van der Waals surface area (Å²) in [6.45, 7) is -0.296. The van der Waals surface area contributed by atoms with E-state index in [1.807, 2.05) is 0 Å². The molecule has 0 saturated heterocycles. The molecule has 0 aliphatic carbocycles. The lowest BCUT2D eigenvalue weighted by atomic mass is 10.2. The Morgan fingerprint density at radius 3 is 2.86 bits per heavy atom. The average Bonchev–Trinajstić information content (AvgIpc) is 2.08. The summed E-state index contributed by atoms with van der Waals surface area (Å²) in [6, 6.07) is 4.90. The molecule has 0 atom stereocenters. The van der Waals surface area contributed by atoms with Crippen LogP contribution >= 0.6 is 15.9 Å². The van der Waals surface area contributed by atoms with Gasteiger partial charge in [0.2, 0.25) is 0 Å². The highest BCUT2D eigenvalue weighted by molar-refractivity contribution is 9.10. The Balaban J connectivity index is 2.76. The lowest BCUT2D eigenvalue weighted by Gasteiger charge is -1.98. The fraction of sp³-hybridized carbons (Fsp3) is 0.111. The zero-order valence-electron chi connectivity index (χ0n) is 7.14. The van der Waals surface area contributed by atoms with Gasteiger partial charge >= 0.3 is 5.97 Å². The highest BCUT2D eigenvalue weighted by atomic mass is 79.9. The first-order valence-electron chi connectivity index (χ1n) is 3.80. The van der Waals surface area contributed by atoms with E-state index in [9.17, 15) is 9.90 Å². The van der Waals surface area contributed by atoms with Gasteiger partial charge in [-0.05, 0) is 18.2 Å². The number of hydrogen-bond donors (Lipinski definition) is 2. The standard InChI is InChI=1S/C9H8BrNO3/c10-7-2-1-6(8(12)3-7)4-11-5-9(13)14/h1-4,12H,5H2,(H,13,14). The molecule has 0 radical (unpaired) electrons. The normalized spacial score (nSPS) is 10.6. The first kappa shape index (κ1) is 10.7. The van der Waals surface area contributed by atoms with Crippen LogP contribution in [0, 0.1) is 0 Å². The highest BCUT2D eigenvalue weighted by Gasteiger charge is 1.98. The molecular weight excluding hydrogens is 250 g/mol. The second-order valence-corrected chi connectivity index (χ2v) is 3.48. The molecule has 5 heteroatoms. The van der Waals surface area contributed by atoms with Crippen LogP contribution in [0.15, 0.2) is 27.7 Å². The SMILES string of the molecule is O=C(O)CN=Cc1ccc(Br)cc1O. The lowest BCUT2D eigenvalue weighted by molar-refractivity contribution is -0.135. The summed E-state index contributed by atoms with van der Waals surface area (Å²) >= 11 is 3.19. The number of hydrogen-bond acceptors (Lipinski definition) is 3. The fourth-order valence-corrected chi connectivity index (χ4v) is 1.20. The quantitative estimate of drug-likeness (QED) is 0.810. The second kappa shape index (κ2) is 4.76. The molecule has 0 heterocycles. The maximum atomic E-state index is 10.1. The number of benzene rings is 1. The van der Waals surface area contributed by atoms with Gasteiger partial charge in [0.25, 0.3) is 0 Å². The van der Waals surface area contributed by atoms with Gasteiger partial charge in [-0.1, -0.05) is 15.9 Å². The number of halogens is 1. The minimum absolute atomic E-state index is 0.0634. The van der Waals surface area contributed by atoms with Crippen molar-refractivity contribution >= 4 is 28.1 Å². The summed E-state index contributed by atoms with van der Waals surface area (Å²) in [6.07, 6.45) is 1.33. The van der Waals surface area contributed by atoms with Gasteiger partial charge in [-0.15, -0.1) is 0 Å². The van der Waals surface area contributed by atoms with Crippen LogP contribution in [0.1, 0.15) is 5.56 Å². The molecule has 74 valence electrons. The first-order chi connectivity index (χ1) is 6.59. The topological polar surface area (TPSA) is 69.9 Å². The van der Waals surface area contributed by atoms with Crippen LogP contribution in [-0.4, -0.2) is 28.9 Å². The van der Waals surface area contributed by atoms with Crippen molar-refractivity contribution in [1.29, 1.82) is 0 Å². The van der Waals surface area contributed by atoms with Crippen molar-refractivity contribution in [2.75, 3.05) is 6.54 Å². The second-order valence-electron chi connectivity index (χ2n) is 2.57. The molecule has 0 amide bonds. The third-order valence-corrected chi connectivity index (χ3v) is 1.94. The molecule has 0 aliphatic rings. The van der Waals surface area contributed by atoms with Crippen LogP contribution in [-0.2, 0) is 4.79 Å². The molecule has 0 unspecified atom stereocenters. The number of carbonyl (C=O) groups is 1. The predicted octanol–water partition coefficient (Wildman–Crippen LogP) is 1.66. The van der Waals surface area contributed by atoms with Gasteiger partial charge in [0, 0.05) is 16.3 Å². The number of rotatable bonds is 3. The van der Waals surface area contributed by atoms with Crippen molar-refractivity contribution in [3.05, 3.63) is 28.2 Å². The number of phenolic OH excluding ortho intramolecular Hbond substituents is 1. The number of carboxylic acid groups (broad SMARTS) is 1. The van der Waals surface area contributed by atoms with Crippen LogP contribution in [0.3, 0.4) is 0 Å². The fourth-order valence-electron chi connectivity index (χ4n) is 0.848. The summed E-state index contributed by atoms with van der Waals surface area (Å²) in [4.78, 5) is 13.8. The van der Waals surface area contributed by atoms with Crippen LogP contribution in [0.2, 0.25) is 0 Å². The first-order valence-corrected chi connectivity index (χ1v) is 4.59. The number of aliphatic carboxylic acids is 1. The van der Waals surface area contributed by atoms with Gasteiger partial charge in [-0.2, -0.15) is 0 Å². The molecular formula is C9H8BrNO3. The number of aromatic hydroxyl groups is 1. The minimum atomic E-state index is -1.00. The third kappa shape index (κ3) is 3.18. The van der Waals surface area contributed by atoms with E-state index in [2.05, 4.69) is 20.9 Å². The Labute approximate surface area is 89.0 Å². The van der Waals surface area contributed by atoms with Gasteiger partial charge in [0.15, 0.2) is 0 Å². The Kier molecular flexibility index (Phi) is 3.64. The van der Waals surface area contributed by atoms with E-state index in [4.69, 9.17) is 5.11 Å². The Morgan fingerprint density at radius 2 is 2.29 bits per heavy atom. The number of nitrogens with zero attached hydrogens (tertiary/aromatic N) is 1. The van der Waals surface area contributed by atoms with Gasteiger partial charge in [0.1, 0.15) is 12.3 Å².